The van der Waals surface area contributed by atoms with Gasteiger partial charge in [-0.25, -0.2) is 4.98 Å². The topological polar surface area (TPSA) is 86.4 Å². The molecule has 0 fully saturated rings. The number of carbonyl (C=O) groups is 1. The van der Waals surface area contributed by atoms with Crippen molar-refractivity contribution in [2.45, 2.75) is 19.5 Å². The third-order valence-corrected chi connectivity index (χ3v) is 3.20. The number of aromatic nitrogens is 2. The van der Waals surface area contributed by atoms with E-state index in [1.54, 1.807) is 19.1 Å². The van der Waals surface area contributed by atoms with Gasteiger partial charge in [-0.3, -0.25) is 14.2 Å². The maximum absolute atomic E-state index is 12.1. The molecule has 1 amide bonds. The predicted octanol–water partition coefficient (Wildman–Crippen LogP) is 1.38. The zero-order valence-electron chi connectivity index (χ0n) is 11.5. The number of ether oxygens (including phenoxy) is 1. The van der Waals surface area contributed by atoms with Gasteiger partial charge >= 0.3 is 0 Å². The van der Waals surface area contributed by atoms with Crippen molar-refractivity contribution >= 4 is 17.5 Å². The van der Waals surface area contributed by atoms with Crippen LogP contribution in [0, 0.1) is 0 Å². The highest BCUT2D eigenvalue weighted by atomic mass is 35.5. The summed E-state index contributed by atoms with van der Waals surface area (Å²) in [6.45, 7) is 1.82. The summed E-state index contributed by atoms with van der Waals surface area (Å²) in [7, 11) is 1.32. The average molecular weight is 312 g/mol. The van der Waals surface area contributed by atoms with Crippen LogP contribution in [-0.2, 0) is 11.3 Å². The molecule has 1 N–H and O–H groups in total. The minimum Gasteiger partial charge on any atom is -0.489 e. The summed E-state index contributed by atoms with van der Waals surface area (Å²) in [5.74, 6) is 0.180. The van der Waals surface area contributed by atoms with Gasteiger partial charge in [-0.15, -0.1) is 0 Å². The molecule has 1 atom stereocenters. The van der Waals surface area contributed by atoms with Gasteiger partial charge < -0.3 is 14.5 Å². The van der Waals surface area contributed by atoms with E-state index in [2.05, 4.69) is 10.3 Å². The zero-order chi connectivity index (χ0) is 15.4. The standard InChI is InChI=1S/C13H14ClN3O4/c1-8(12(18)15-6-9-4-3-5-21-9)17-7-16-11(14)10(20-2)13(17)19/h3-5,7-8H,6H2,1-2H3,(H,15,18). The first kappa shape index (κ1) is 15.1. The van der Waals surface area contributed by atoms with E-state index in [1.165, 1.54) is 19.7 Å². The second-order valence-electron chi connectivity index (χ2n) is 4.25. The molecule has 2 heterocycles. The lowest BCUT2D eigenvalue weighted by molar-refractivity contribution is -0.124. The Hall–Kier alpha value is -2.28. The van der Waals surface area contributed by atoms with E-state index in [0.717, 1.165) is 4.57 Å². The quantitative estimate of drug-likeness (QED) is 0.843. The second kappa shape index (κ2) is 6.45. The molecule has 0 spiro atoms. The molecule has 0 saturated heterocycles. The van der Waals surface area contributed by atoms with Crippen LogP contribution in [-0.4, -0.2) is 22.6 Å². The molecular formula is C13H14ClN3O4. The number of carbonyl (C=O) groups excluding carboxylic acids is 1. The molecule has 0 saturated carbocycles. The molecule has 0 radical (unpaired) electrons. The van der Waals surface area contributed by atoms with Crippen molar-refractivity contribution in [1.82, 2.24) is 14.9 Å². The molecule has 0 aliphatic heterocycles. The monoisotopic (exact) mass is 311 g/mol. The number of hydrogen-bond acceptors (Lipinski definition) is 5. The molecule has 1 unspecified atom stereocenters. The highest BCUT2D eigenvalue weighted by molar-refractivity contribution is 6.30. The van der Waals surface area contributed by atoms with Crippen LogP contribution in [0.4, 0.5) is 0 Å². The highest BCUT2D eigenvalue weighted by Crippen LogP contribution is 2.16. The normalized spacial score (nSPS) is 12.0. The Labute approximate surface area is 125 Å². The minimum absolute atomic E-state index is 0.0399. The summed E-state index contributed by atoms with van der Waals surface area (Å²) >= 11 is 5.75. The maximum atomic E-state index is 12.1. The van der Waals surface area contributed by atoms with Crippen LogP contribution in [0.1, 0.15) is 18.7 Å². The maximum Gasteiger partial charge on any atom is 0.298 e. The molecule has 2 aromatic heterocycles. The second-order valence-corrected chi connectivity index (χ2v) is 4.61. The van der Waals surface area contributed by atoms with E-state index in [9.17, 15) is 9.59 Å². The first-order valence-corrected chi connectivity index (χ1v) is 6.53. The fourth-order valence-electron chi connectivity index (χ4n) is 1.74. The number of methoxy groups -OCH3 is 1. The lowest BCUT2D eigenvalue weighted by Crippen LogP contribution is -2.35. The Kier molecular flexibility index (Phi) is 4.64. The van der Waals surface area contributed by atoms with E-state index in [-0.39, 0.29) is 23.4 Å². The molecule has 0 aliphatic carbocycles. The number of furan rings is 1. The van der Waals surface area contributed by atoms with Gasteiger partial charge in [-0.2, -0.15) is 0 Å². The largest absolute Gasteiger partial charge is 0.489 e. The molecule has 0 aromatic carbocycles. The van der Waals surface area contributed by atoms with Gasteiger partial charge in [0.2, 0.25) is 11.7 Å². The number of nitrogens with one attached hydrogen (secondary N) is 1. The van der Waals surface area contributed by atoms with Crippen molar-refractivity contribution in [1.29, 1.82) is 0 Å². The highest BCUT2D eigenvalue weighted by Gasteiger charge is 2.20. The zero-order valence-corrected chi connectivity index (χ0v) is 12.3. The first-order valence-electron chi connectivity index (χ1n) is 6.15. The van der Waals surface area contributed by atoms with E-state index in [4.69, 9.17) is 20.8 Å². The number of rotatable bonds is 5. The lowest BCUT2D eigenvalue weighted by atomic mass is 10.3. The van der Waals surface area contributed by atoms with Crippen LogP contribution >= 0.6 is 11.6 Å². The van der Waals surface area contributed by atoms with E-state index in [1.807, 2.05) is 0 Å². The van der Waals surface area contributed by atoms with Crippen LogP contribution in [0.2, 0.25) is 5.15 Å². The van der Waals surface area contributed by atoms with Gasteiger partial charge in [-0.1, -0.05) is 11.6 Å². The number of halogens is 1. The Bertz CT molecular complexity index is 681. The van der Waals surface area contributed by atoms with Crippen LogP contribution < -0.4 is 15.6 Å². The summed E-state index contributed by atoms with van der Waals surface area (Å²) < 4.78 is 11.2. The molecule has 112 valence electrons. The first-order chi connectivity index (χ1) is 10.0. The third-order valence-electron chi connectivity index (χ3n) is 2.93. The van der Waals surface area contributed by atoms with Gasteiger partial charge in [0.15, 0.2) is 5.15 Å². The Morgan fingerprint density at radius 2 is 2.38 bits per heavy atom. The molecule has 2 aromatic rings. The van der Waals surface area contributed by atoms with Crippen LogP contribution in [0.3, 0.4) is 0 Å². The molecule has 2 rings (SSSR count). The Morgan fingerprint density at radius 3 is 3.00 bits per heavy atom. The van der Waals surface area contributed by atoms with Crippen LogP contribution in [0.5, 0.6) is 5.75 Å². The summed E-state index contributed by atoms with van der Waals surface area (Å²) in [4.78, 5) is 28.0. The van der Waals surface area contributed by atoms with Gasteiger partial charge in [0.25, 0.3) is 5.56 Å². The van der Waals surface area contributed by atoms with Crippen molar-refractivity contribution < 1.29 is 13.9 Å². The van der Waals surface area contributed by atoms with Gasteiger partial charge in [-0.05, 0) is 19.1 Å². The average Bonchev–Trinajstić information content (AvgIpc) is 2.98. The molecular weight excluding hydrogens is 298 g/mol. The fraction of sp³-hybridized carbons (Fsp3) is 0.308. The van der Waals surface area contributed by atoms with Crippen molar-refractivity contribution in [2.24, 2.45) is 0 Å². The van der Waals surface area contributed by atoms with Crippen molar-refractivity contribution in [3.63, 3.8) is 0 Å². The van der Waals surface area contributed by atoms with Crippen LogP contribution in [0.15, 0.2) is 33.9 Å². The molecule has 21 heavy (non-hydrogen) atoms. The van der Waals surface area contributed by atoms with Gasteiger partial charge in [0, 0.05) is 0 Å². The number of amides is 1. The smallest absolute Gasteiger partial charge is 0.298 e. The van der Waals surface area contributed by atoms with Crippen molar-refractivity contribution in [2.75, 3.05) is 7.11 Å². The molecule has 0 aliphatic rings. The Balaban J connectivity index is 2.14. The molecule has 8 heteroatoms. The van der Waals surface area contributed by atoms with Crippen LogP contribution in [0.25, 0.3) is 0 Å². The van der Waals surface area contributed by atoms with Gasteiger partial charge in [0.05, 0.1) is 19.9 Å². The number of nitrogens with zero attached hydrogens (tertiary/aromatic N) is 2. The minimum atomic E-state index is -0.758. The van der Waals surface area contributed by atoms with Gasteiger partial charge in [0.1, 0.15) is 18.1 Å². The lowest BCUT2D eigenvalue weighted by Gasteiger charge is -2.15. The van der Waals surface area contributed by atoms with Crippen molar-refractivity contribution in [3.05, 3.63) is 46.0 Å². The summed E-state index contributed by atoms with van der Waals surface area (Å²) in [5.41, 5.74) is -0.516. The van der Waals surface area contributed by atoms with E-state index < -0.39 is 11.6 Å². The SMILES string of the molecule is COc1c(Cl)ncn(C(C)C(=O)NCc2ccco2)c1=O. The predicted molar refractivity (Wildman–Crippen MR) is 75.3 cm³/mol. The summed E-state index contributed by atoms with van der Waals surface area (Å²) in [6, 6.07) is 2.71. The molecule has 7 nitrogen and oxygen atoms in total. The van der Waals surface area contributed by atoms with Crippen molar-refractivity contribution in [3.8, 4) is 5.75 Å². The molecule has 0 bridgehead atoms. The number of hydrogen-bond donors (Lipinski definition) is 1. The van der Waals surface area contributed by atoms with E-state index >= 15 is 0 Å². The summed E-state index contributed by atoms with van der Waals surface area (Å²) in [6.07, 6.45) is 2.73. The third kappa shape index (κ3) is 3.25. The summed E-state index contributed by atoms with van der Waals surface area (Å²) in [5, 5.41) is 2.63. The van der Waals surface area contributed by atoms with E-state index in [0.29, 0.717) is 5.76 Å². The Morgan fingerprint density at radius 1 is 1.62 bits per heavy atom. The fourth-order valence-corrected chi connectivity index (χ4v) is 1.94.